The van der Waals surface area contributed by atoms with Gasteiger partial charge in [-0.25, -0.2) is 0 Å². The number of nitrogens with one attached hydrogen (secondary N) is 1. The number of carbonyl (C=O) groups is 1. The van der Waals surface area contributed by atoms with Crippen LogP contribution >= 0.6 is 0 Å². The highest BCUT2D eigenvalue weighted by molar-refractivity contribution is 5.72. The maximum Gasteiger partial charge on any atom is 0.309 e. The molecular weight excluding hydrogens is 202 g/mol. The third-order valence-corrected chi connectivity index (χ3v) is 2.91. The lowest BCUT2D eigenvalue weighted by molar-refractivity contribution is -0.147. The predicted octanol–water partition coefficient (Wildman–Crippen LogP) is 2.60. The lowest BCUT2D eigenvalue weighted by atomic mass is 10.00. The molecule has 3 unspecified atom stereocenters. The first kappa shape index (κ1) is 15.4. The second kappa shape index (κ2) is 8.57. The summed E-state index contributed by atoms with van der Waals surface area (Å²) in [4.78, 5) is 11.4. The Hall–Kier alpha value is -0.570. The van der Waals surface area contributed by atoms with Crippen LogP contribution in [0.4, 0.5) is 0 Å². The lowest BCUT2D eigenvalue weighted by Crippen LogP contribution is -2.34. The summed E-state index contributed by atoms with van der Waals surface area (Å²) in [5.74, 6) is 0.575. The Morgan fingerprint density at radius 2 is 1.88 bits per heavy atom. The van der Waals surface area contributed by atoms with Crippen LogP contribution in [-0.4, -0.2) is 25.2 Å². The summed E-state index contributed by atoms with van der Waals surface area (Å²) in [5, 5.41) is 3.39. The van der Waals surface area contributed by atoms with Gasteiger partial charge in [-0.2, -0.15) is 0 Å². The monoisotopic (exact) mass is 229 g/mol. The van der Waals surface area contributed by atoms with Crippen LogP contribution in [0.1, 0.15) is 47.5 Å². The second-order valence-corrected chi connectivity index (χ2v) is 4.71. The molecule has 3 nitrogen and oxygen atoms in total. The van der Waals surface area contributed by atoms with Gasteiger partial charge in [0.2, 0.25) is 0 Å². The standard InChI is InChI=1S/C13H27NO2/c1-6-10(3)8-12(5)14-9-11(4)13(15)16-7-2/h10-12,14H,6-9H2,1-5H3. The van der Waals surface area contributed by atoms with E-state index in [1.54, 1.807) is 0 Å². The summed E-state index contributed by atoms with van der Waals surface area (Å²) < 4.78 is 4.96. The highest BCUT2D eigenvalue weighted by Crippen LogP contribution is 2.09. The van der Waals surface area contributed by atoms with Crippen LogP contribution in [0, 0.1) is 11.8 Å². The van der Waals surface area contributed by atoms with Gasteiger partial charge in [0, 0.05) is 12.6 Å². The molecule has 3 heteroatoms. The van der Waals surface area contributed by atoms with Crippen molar-refractivity contribution in [1.82, 2.24) is 5.32 Å². The molecule has 0 rings (SSSR count). The molecule has 0 bridgehead atoms. The topological polar surface area (TPSA) is 38.3 Å². The second-order valence-electron chi connectivity index (χ2n) is 4.71. The van der Waals surface area contributed by atoms with E-state index in [1.165, 1.54) is 6.42 Å². The molecule has 96 valence electrons. The van der Waals surface area contributed by atoms with Gasteiger partial charge in [-0.05, 0) is 26.2 Å². The first-order valence-electron chi connectivity index (χ1n) is 6.41. The molecule has 0 aliphatic heterocycles. The fourth-order valence-corrected chi connectivity index (χ4v) is 1.60. The SMILES string of the molecule is CCOC(=O)C(C)CNC(C)CC(C)CC. The molecule has 0 aliphatic rings. The Morgan fingerprint density at radius 3 is 2.38 bits per heavy atom. The van der Waals surface area contributed by atoms with E-state index in [9.17, 15) is 4.79 Å². The molecule has 0 spiro atoms. The van der Waals surface area contributed by atoms with E-state index in [2.05, 4.69) is 26.1 Å². The van der Waals surface area contributed by atoms with E-state index in [1.807, 2.05) is 13.8 Å². The smallest absolute Gasteiger partial charge is 0.309 e. The van der Waals surface area contributed by atoms with E-state index >= 15 is 0 Å². The molecule has 0 aromatic carbocycles. The van der Waals surface area contributed by atoms with Crippen molar-refractivity contribution in [2.75, 3.05) is 13.2 Å². The summed E-state index contributed by atoms with van der Waals surface area (Å²) in [7, 11) is 0. The molecule has 0 aliphatic carbocycles. The summed E-state index contributed by atoms with van der Waals surface area (Å²) in [6.45, 7) is 11.5. The van der Waals surface area contributed by atoms with Gasteiger partial charge in [-0.15, -0.1) is 0 Å². The summed E-state index contributed by atoms with van der Waals surface area (Å²) in [5.41, 5.74) is 0. The van der Waals surface area contributed by atoms with Crippen molar-refractivity contribution >= 4 is 5.97 Å². The number of ether oxygens (including phenoxy) is 1. The molecule has 0 heterocycles. The molecule has 0 radical (unpaired) electrons. The number of hydrogen-bond donors (Lipinski definition) is 1. The van der Waals surface area contributed by atoms with Crippen LogP contribution in [0.3, 0.4) is 0 Å². The van der Waals surface area contributed by atoms with Crippen molar-refractivity contribution in [3.63, 3.8) is 0 Å². The molecule has 0 saturated carbocycles. The first-order valence-corrected chi connectivity index (χ1v) is 6.41. The maximum absolute atomic E-state index is 11.4. The molecule has 0 fully saturated rings. The van der Waals surface area contributed by atoms with Gasteiger partial charge in [-0.3, -0.25) is 4.79 Å². The highest BCUT2D eigenvalue weighted by atomic mass is 16.5. The van der Waals surface area contributed by atoms with Crippen molar-refractivity contribution in [3.8, 4) is 0 Å². The maximum atomic E-state index is 11.4. The molecule has 0 aromatic heterocycles. The van der Waals surface area contributed by atoms with E-state index in [-0.39, 0.29) is 11.9 Å². The number of rotatable bonds is 8. The minimum absolute atomic E-state index is 0.0562. The zero-order valence-electron chi connectivity index (χ0n) is 11.4. The van der Waals surface area contributed by atoms with Gasteiger partial charge in [0.25, 0.3) is 0 Å². The fraction of sp³-hybridized carbons (Fsp3) is 0.923. The number of carbonyl (C=O) groups excluding carboxylic acids is 1. The number of esters is 1. The fourth-order valence-electron chi connectivity index (χ4n) is 1.60. The summed E-state index contributed by atoms with van der Waals surface area (Å²) in [6, 6.07) is 0.465. The lowest BCUT2D eigenvalue weighted by Gasteiger charge is -2.19. The van der Waals surface area contributed by atoms with Crippen LogP contribution in [0.15, 0.2) is 0 Å². The third-order valence-electron chi connectivity index (χ3n) is 2.91. The third kappa shape index (κ3) is 6.83. The Morgan fingerprint density at radius 1 is 1.25 bits per heavy atom. The van der Waals surface area contributed by atoms with Crippen molar-refractivity contribution < 1.29 is 9.53 Å². The zero-order valence-corrected chi connectivity index (χ0v) is 11.4. The van der Waals surface area contributed by atoms with Crippen molar-refractivity contribution in [2.45, 2.75) is 53.5 Å². The van der Waals surface area contributed by atoms with E-state index < -0.39 is 0 Å². The Balaban J connectivity index is 3.73. The minimum Gasteiger partial charge on any atom is -0.466 e. The van der Waals surface area contributed by atoms with Crippen LogP contribution in [0.2, 0.25) is 0 Å². The Labute approximate surface area is 99.9 Å². The van der Waals surface area contributed by atoms with Gasteiger partial charge >= 0.3 is 5.97 Å². The van der Waals surface area contributed by atoms with Crippen LogP contribution in [0.5, 0.6) is 0 Å². The average molecular weight is 229 g/mol. The van der Waals surface area contributed by atoms with Crippen LogP contribution < -0.4 is 5.32 Å². The molecule has 16 heavy (non-hydrogen) atoms. The molecule has 1 N–H and O–H groups in total. The summed E-state index contributed by atoms with van der Waals surface area (Å²) >= 11 is 0. The molecule has 0 aromatic rings. The largest absolute Gasteiger partial charge is 0.466 e. The normalized spacial score (nSPS) is 16.6. The Bertz CT molecular complexity index is 194. The molecule has 0 amide bonds. The predicted molar refractivity (Wildman–Crippen MR) is 67.3 cm³/mol. The number of hydrogen-bond acceptors (Lipinski definition) is 3. The minimum atomic E-state index is -0.106. The van der Waals surface area contributed by atoms with E-state index in [0.29, 0.717) is 19.2 Å². The van der Waals surface area contributed by atoms with Gasteiger partial charge < -0.3 is 10.1 Å². The first-order chi connectivity index (χ1) is 7.51. The van der Waals surface area contributed by atoms with Gasteiger partial charge in [0.15, 0.2) is 0 Å². The quantitative estimate of drug-likeness (QED) is 0.650. The molecule has 0 saturated heterocycles. The van der Waals surface area contributed by atoms with Crippen LogP contribution in [0.25, 0.3) is 0 Å². The average Bonchev–Trinajstić information content (AvgIpc) is 2.25. The van der Waals surface area contributed by atoms with E-state index in [4.69, 9.17) is 4.74 Å². The van der Waals surface area contributed by atoms with E-state index in [0.717, 1.165) is 12.3 Å². The molecular formula is C13H27NO2. The van der Waals surface area contributed by atoms with Gasteiger partial charge in [0.05, 0.1) is 12.5 Å². The van der Waals surface area contributed by atoms with Crippen molar-refractivity contribution in [2.24, 2.45) is 11.8 Å². The van der Waals surface area contributed by atoms with Gasteiger partial charge in [-0.1, -0.05) is 27.2 Å². The Kier molecular flexibility index (Phi) is 8.26. The van der Waals surface area contributed by atoms with Crippen molar-refractivity contribution in [3.05, 3.63) is 0 Å². The summed E-state index contributed by atoms with van der Waals surface area (Å²) in [6.07, 6.45) is 2.37. The highest BCUT2D eigenvalue weighted by Gasteiger charge is 2.15. The van der Waals surface area contributed by atoms with Crippen LogP contribution in [-0.2, 0) is 9.53 Å². The zero-order chi connectivity index (χ0) is 12.6. The van der Waals surface area contributed by atoms with Gasteiger partial charge in [0.1, 0.15) is 0 Å². The van der Waals surface area contributed by atoms with Crippen molar-refractivity contribution in [1.29, 1.82) is 0 Å². The molecule has 3 atom stereocenters.